The fourth-order valence-electron chi connectivity index (χ4n) is 2.86. The van der Waals surface area contributed by atoms with Crippen LogP contribution in [0.15, 0.2) is 29.6 Å². The van der Waals surface area contributed by atoms with Crippen LogP contribution in [-0.4, -0.2) is 22.7 Å². The molecule has 2 atom stereocenters. The Hall–Kier alpha value is -1.23. The monoisotopic (exact) mass is 302 g/mol. The smallest absolute Gasteiger partial charge is 0.123 e. The number of aliphatic hydroxyl groups excluding tert-OH is 1. The number of hydrogen-bond donors (Lipinski definition) is 2. The van der Waals surface area contributed by atoms with Crippen LogP contribution in [0.3, 0.4) is 0 Å². The van der Waals surface area contributed by atoms with Gasteiger partial charge in [0.05, 0.1) is 11.8 Å². The van der Waals surface area contributed by atoms with Crippen LogP contribution >= 0.6 is 11.3 Å². The number of aliphatic hydroxyl groups is 1. The first kappa shape index (κ1) is 14.7. The summed E-state index contributed by atoms with van der Waals surface area (Å²) in [7, 11) is 0. The molecule has 1 fully saturated rings. The van der Waals surface area contributed by atoms with Gasteiger partial charge in [0.2, 0.25) is 0 Å². The lowest BCUT2D eigenvalue weighted by Crippen LogP contribution is -2.27. The van der Waals surface area contributed by atoms with Crippen molar-refractivity contribution in [1.82, 2.24) is 10.3 Å². The first-order valence-electron chi connectivity index (χ1n) is 7.62. The minimum atomic E-state index is -0.115. The molecule has 2 N–H and O–H groups in total. The molecule has 21 heavy (non-hydrogen) atoms. The second-order valence-electron chi connectivity index (χ2n) is 5.90. The summed E-state index contributed by atoms with van der Waals surface area (Å²) < 4.78 is 0. The zero-order valence-corrected chi connectivity index (χ0v) is 13.2. The maximum absolute atomic E-state index is 9.81. The normalized spacial score (nSPS) is 21.8. The Morgan fingerprint density at radius 2 is 2.10 bits per heavy atom. The Balaban J connectivity index is 1.54. The van der Waals surface area contributed by atoms with Gasteiger partial charge in [-0.3, -0.25) is 0 Å². The Morgan fingerprint density at radius 3 is 2.81 bits per heavy atom. The van der Waals surface area contributed by atoms with Gasteiger partial charge in [0.1, 0.15) is 5.01 Å². The van der Waals surface area contributed by atoms with Crippen molar-refractivity contribution in [1.29, 1.82) is 0 Å². The predicted molar refractivity (Wildman–Crippen MR) is 87.3 cm³/mol. The Morgan fingerprint density at radius 1 is 1.29 bits per heavy atom. The molecular weight excluding hydrogens is 280 g/mol. The fourth-order valence-corrected chi connectivity index (χ4v) is 3.68. The molecule has 0 spiro atoms. The van der Waals surface area contributed by atoms with Crippen molar-refractivity contribution in [2.45, 2.75) is 38.8 Å². The number of aryl methyl sites for hydroxylation is 1. The fraction of sp³-hybridized carbons (Fsp3) is 0.471. The van der Waals surface area contributed by atoms with Crippen LogP contribution in [0, 0.1) is 12.8 Å². The van der Waals surface area contributed by atoms with E-state index in [1.54, 1.807) is 11.3 Å². The van der Waals surface area contributed by atoms with Crippen LogP contribution < -0.4 is 5.32 Å². The quantitative estimate of drug-likeness (QED) is 0.890. The first-order valence-corrected chi connectivity index (χ1v) is 8.50. The highest BCUT2D eigenvalue weighted by Gasteiger charge is 2.24. The Labute approximate surface area is 130 Å². The van der Waals surface area contributed by atoms with E-state index in [0.717, 1.165) is 43.1 Å². The number of rotatable bonds is 5. The van der Waals surface area contributed by atoms with Gasteiger partial charge in [0.15, 0.2) is 0 Å². The standard InChI is InChI=1S/C17H22N2OS/c1-12-5-7-13(8-6-12)17-19-15(11-21-17)10-18-9-14-3-2-4-16(14)20/h5-8,11,14,16,18,20H,2-4,9-10H2,1H3. The Kier molecular flexibility index (Phi) is 4.68. The lowest BCUT2D eigenvalue weighted by atomic mass is 10.1. The molecule has 4 heteroatoms. The molecule has 0 bridgehead atoms. The van der Waals surface area contributed by atoms with Gasteiger partial charge < -0.3 is 10.4 Å². The van der Waals surface area contributed by atoms with E-state index in [1.165, 1.54) is 11.1 Å². The molecule has 3 rings (SSSR count). The summed E-state index contributed by atoms with van der Waals surface area (Å²) in [4.78, 5) is 4.69. The molecule has 112 valence electrons. The van der Waals surface area contributed by atoms with Crippen molar-refractivity contribution in [3.63, 3.8) is 0 Å². The molecule has 1 heterocycles. The summed E-state index contributed by atoms with van der Waals surface area (Å²) in [6, 6.07) is 8.49. The molecule has 2 aromatic rings. The third kappa shape index (κ3) is 3.70. The van der Waals surface area contributed by atoms with E-state index in [1.807, 2.05) is 0 Å². The third-order valence-electron chi connectivity index (χ3n) is 4.18. The topological polar surface area (TPSA) is 45.2 Å². The zero-order valence-electron chi connectivity index (χ0n) is 12.4. The molecular formula is C17H22N2OS. The van der Waals surface area contributed by atoms with E-state index < -0.39 is 0 Å². The van der Waals surface area contributed by atoms with E-state index in [9.17, 15) is 5.11 Å². The van der Waals surface area contributed by atoms with Gasteiger partial charge in [-0.05, 0) is 25.7 Å². The highest BCUT2D eigenvalue weighted by Crippen LogP contribution is 2.26. The average molecular weight is 302 g/mol. The van der Waals surface area contributed by atoms with Crippen molar-refractivity contribution < 1.29 is 5.11 Å². The van der Waals surface area contributed by atoms with E-state index in [2.05, 4.69) is 46.9 Å². The van der Waals surface area contributed by atoms with Crippen molar-refractivity contribution in [3.8, 4) is 10.6 Å². The Bertz CT molecular complexity index is 579. The maximum atomic E-state index is 9.81. The second-order valence-corrected chi connectivity index (χ2v) is 6.76. The van der Waals surface area contributed by atoms with Crippen LogP contribution in [0.5, 0.6) is 0 Å². The van der Waals surface area contributed by atoms with E-state index >= 15 is 0 Å². The highest BCUT2D eigenvalue weighted by atomic mass is 32.1. The number of hydrogen-bond acceptors (Lipinski definition) is 4. The zero-order chi connectivity index (χ0) is 14.7. The molecule has 1 aliphatic rings. The molecule has 3 nitrogen and oxygen atoms in total. The number of benzene rings is 1. The van der Waals surface area contributed by atoms with Crippen molar-refractivity contribution in [3.05, 3.63) is 40.9 Å². The van der Waals surface area contributed by atoms with Crippen LogP contribution in [-0.2, 0) is 6.54 Å². The van der Waals surface area contributed by atoms with E-state index in [-0.39, 0.29) is 6.10 Å². The number of thiazole rings is 1. The van der Waals surface area contributed by atoms with E-state index in [0.29, 0.717) is 5.92 Å². The maximum Gasteiger partial charge on any atom is 0.123 e. The van der Waals surface area contributed by atoms with Gasteiger partial charge in [-0.2, -0.15) is 0 Å². The van der Waals surface area contributed by atoms with Crippen LogP contribution in [0.4, 0.5) is 0 Å². The first-order chi connectivity index (χ1) is 10.2. The minimum Gasteiger partial charge on any atom is -0.393 e. The summed E-state index contributed by atoms with van der Waals surface area (Å²) >= 11 is 1.69. The van der Waals surface area contributed by atoms with Gasteiger partial charge in [-0.25, -0.2) is 4.98 Å². The highest BCUT2D eigenvalue weighted by molar-refractivity contribution is 7.13. The summed E-state index contributed by atoms with van der Waals surface area (Å²) in [5.41, 5.74) is 3.54. The summed E-state index contributed by atoms with van der Waals surface area (Å²) in [5.74, 6) is 0.417. The number of aromatic nitrogens is 1. The molecule has 2 unspecified atom stereocenters. The summed E-state index contributed by atoms with van der Waals surface area (Å²) in [6.45, 7) is 3.77. The van der Waals surface area contributed by atoms with Gasteiger partial charge in [0, 0.05) is 24.0 Å². The minimum absolute atomic E-state index is 0.115. The largest absolute Gasteiger partial charge is 0.393 e. The second kappa shape index (κ2) is 6.69. The van der Waals surface area contributed by atoms with Crippen molar-refractivity contribution in [2.24, 2.45) is 5.92 Å². The van der Waals surface area contributed by atoms with Crippen LogP contribution in [0.1, 0.15) is 30.5 Å². The molecule has 0 amide bonds. The lowest BCUT2D eigenvalue weighted by Gasteiger charge is -2.14. The number of nitrogens with one attached hydrogen (secondary N) is 1. The average Bonchev–Trinajstić information content (AvgIpc) is 3.10. The molecule has 0 saturated heterocycles. The number of nitrogens with zero attached hydrogens (tertiary/aromatic N) is 1. The summed E-state index contributed by atoms with van der Waals surface area (Å²) in [6.07, 6.45) is 3.14. The SMILES string of the molecule is Cc1ccc(-c2nc(CNCC3CCCC3O)cs2)cc1. The van der Waals surface area contributed by atoms with Gasteiger partial charge >= 0.3 is 0 Å². The van der Waals surface area contributed by atoms with Crippen molar-refractivity contribution >= 4 is 11.3 Å². The lowest BCUT2D eigenvalue weighted by molar-refractivity contribution is 0.131. The third-order valence-corrected chi connectivity index (χ3v) is 5.12. The van der Waals surface area contributed by atoms with Gasteiger partial charge in [-0.1, -0.05) is 36.2 Å². The van der Waals surface area contributed by atoms with Crippen molar-refractivity contribution in [2.75, 3.05) is 6.54 Å². The van der Waals surface area contributed by atoms with Crippen LogP contribution in [0.2, 0.25) is 0 Å². The molecule has 1 aromatic carbocycles. The van der Waals surface area contributed by atoms with Gasteiger partial charge in [0.25, 0.3) is 0 Å². The molecule has 1 aromatic heterocycles. The molecule has 0 aliphatic heterocycles. The predicted octanol–water partition coefficient (Wildman–Crippen LogP) is 3.37. The van der Waals surface area contributed by atoms with E-state index in [4.69, 9.17) is 0 Å². The molecule has 1 aliphatic carbocycles. The summed E-state index contributed by atoms with van der Waals surface area (Å²) in [5, 5.41) is 16.4. The molecule has 0 radical (unpaired) electrons. The van der Waals surface area contributed by atoms with Crippen LogP contribution in [0.25, 0.3) is 10.6 Å². The molecule has 1 saturated carbocycles. The van der Waals surface area contributed by atoms with Gasteiger partial charge in [-0.15, -0.1) is 11.3 Å².